The van der Waals surface area contributed by atoms with Gasteiger partial charge in [-0.2, -0.15) is 4.98 Å². The molecule has 0 unspecified atom stereocenters. The Morgan fingerprint density at radius 3 is 2.57 bits per heavy atom. The van der Waals surface area contributed by atoms with Gasteiger partial charge in [-0.3, -0.25) is 4.79 Å². The van der Waals surface area contributed by atoms with Crippen LogP contribution in [0.15, 0.2) is 59.1 Å². The lowest BCUT2D eigenvalue weighted by atomic mass is 9.83. The molecular weight excluding hydrogens is 484 g/mol. The van der Waals surface area contributed by atoms with Crippen LogP contribution in [0.25, 0.3) is 10.9 Å². The molecule has 8 heteroatoms. The summed E-state index contributed by atoms with van der Waals surface area (Å²) in [7, 11) is 1.82. The van der Waals surface area contributed by atoms with E-state index < -0.39 is 5.54 Å². The van der Waals surface area contributed by atoms with Crippen LogP contribution in [0.3, 0.4) is 0 Å². The summed E-state index contributed by atoms with van der Waals surface area (Å²) >= 11 is 5.19. The van der Waals surface area contributed by atoms with Gasteiger partial charge in [0.25, 0.3) is 5.91 Å². The van der Waals surface area contributed by atoms with E-state index in [1.165, 1.54) is 5.56 Å². The zero-order valence-corrected chi connectivity index (χ0v) is 22.5. The third-order valence-electron chi connectivity index (χ3n) is 8.18. The van der Waals surface area contributed by atoms with Crippen molar-refractivity contribution in [1.82, 2.24) is 14.7 Å². The van der Waals surface area contributed by atoms with E-state index in [4.69, 9.17) is 21.5 Å². The zero-order valence-electron chi connectivity index (χ0n) is 21.7. The standard InChI is InChI=1S/C29H32N4O3S/c1-18-16-29(18,26-30-27(37)36-31-26)33-23-11-10-19(20-12-13-35-28(2,3)17-20)14-21(23)15-24(33)25(34)32(4)22-8-6-5-7-9-22/h5-11,14-15,18,20H,12-13,16-17H2,1-4H3,(H,30,31,37)/t18-,20-,29-/m0/s1. The van der Waals surface area contributed by atoms with Gasteiger partial charge in [-0.1, -0.05) is 31.2 Å². The highest BCUT2D eigenvalue weighted by atomic mass is 32.1. The highest BCUT2D eigenvalue weighted by Gasteiger charge is 2.58. The SMILES string of the molecule is C[C@H]1C[C@]1(c1nc(=S)o[nH]1)n1c(C(=O)N(C)c2ccccc2)cc2cc([C@H]3CCOC(C)(C)C3)ccc21. The van der Waals surface area contributed by atoms with Crippen molar-refractivity contribution >= 4 is 34.7 Å². The smallest absolute Gasteiger partial charge is 0.314 e. The van der Waals surface area contributed by atoms with Crippen molar-refractivity contribution in [2.45, 2.75) is 57.1 Å². The molecule has 2 aromatic carbocycles. The summed E-state index contributed by atoms with van der Waals surface area (Å²) in [6, 6.07) is 18.4. The molecule has 1 amide bonds. The number of carbonyl (C=O) groups excluding carboxylic acids is 1. The van der Waals surface area contributed by atoms with Crippen LogP contribution in [0.4, 0.5) is 5.69 Å². The van der Waals surface area contributed by atoms with Gasteiger partial charge in [0.1, 0.15) is 11.2 Å². The van der Waals surface area contributed by atoms with Gasteiger partial charge in [0.05, 0.1) is 5.60 Å². The molecule has 1 N–H and O–H groups in total. The molecule has 4 aromatic rings. The molecule has 37 heavy (non-hydrogen) atoms. The Hall–Kier alpha value is -3.23. The quantitative estimate of drug-likeness (QED) is 0.310. The van der Waals surface area contributed by atoms with Crippen molar-refractivity contribution < 1.29 is 14.1 Å². The van der Waals surface area contributed by atoms with Crippen molar-refractivity contribution in [3.63, 3.8) is 0 Å². The monoisotopic (exact) mass is 516 g/mol. The summed E-state index contributed by atoms with van der Waals surface area (Å²) in [5.74, 6) is 1.26. The van der Waals surface area contributed by atoms with Gasteiger partial charge in [0, 0.05) is 30.2 Å². The van der Waals surface area contributed by atoms with E-state index in [0.29, 0.717) is 17.4 Å². The maximum absolute atomic E-state index is 14.0. The number of nitrogens with one attached hydrogen (secondary N) is 1. The van der Waals surface area contributed by atoms with Crippen LogP contribution in [-0.4, -0.2) is 39.9 Å². The Kier molecular flexibility index (Phi) is 5.65. The number of aromatic amines is 1. The number of amides is 1. The van der Waals surface area contributed by atoms with Gasteiger partial charge in [-0.05, 0) is 93.1 Å². The molecule has 1 aliphatic carbocycles. The van der Waals surface area contributed by atoms with Crippen LogP contribution in [0, 0.1) is 10.8 Å². The van der Waals surface area contributed by atoms with Crippen molar-refractivity contribution in [2.24, 2.45) is 5.92 Å². The van der Waals surface area contributed by atoms with Gasteiger partial charge in [0.2, 0.25) is 0 Å². The average molecular weight is 517 g/mol. The number of rotatable bonds is 5. The summed E-state index contributed by atoms with van der Waals surface area (Å²) in [4.78, 5) is 20.4. The van der Waals surface area contributed by atoms with Crippen LogP contribution < -0.4 is 4.90 Å². The zero-order chi connectivity index (χ0) is 25.9. The molecule has 0 spiro atoms. The van der Waals surface area contributed by atoms with Gasteiger partial charge >= 0.3 is 4.84 Å². The fourth-order valence-electron chi connectivity index (χ4n) is 6.10. The van der Waals surface area contributed by atoms with Crippen molar-refractivity contribution in [3.8, 4) is 0 Å². The first-order chi connectivity index (χ1) is 17.7. The van der Waals surface area contributed by atoms with E-state index in [0.717, 1.165) is 42.5 Å². The number of H-pyrrole nitrogens is 1. The number of fused-ring (bicyclic) bond motifs is 1. The molecule has 1 saturated carbocycles. The molecule has 2 aromatic heterocycles. The molecule has 3 atom stereocenters. The van der Waals surface area contributed by atoms with Crippen LogP contribution in [0.5, 0.6) is 0 Å². The number of aromatic nitrogens is 3. The number of benzene rings is 2. The lowest BCUT2D eigenvalue weighted by Gasteiger charge is -2.35. The van der Waals surface area contributed by atoms with Crippen molar-refractivity contribution in [1.29, 1.82) is 0 Å². The number of ether oxygens (including phenoxy) is 1. The normalized spacial score (nSPS) is 24.8. The molecule has 1 aliphatic heterocycles. The minimum Gasteiger partial charge on any atom is -0.376 e. The third kappa shape index (κ3) is 4.03. The van der Waals surface area contributed by atoms with Gasteiger partial charge in [-0.15, -0.1) is 0 Å². The summed E-state index contributed by atoms with van der Waals surface area (Å²) in [5, 5.41) is 3.99. The molecule has 2 aliphatic rings. The van der Waals surface area contributed by atoms with E-state index in [1.807, 2.05) is 43.4 Å². The highest BCUT2D eigenvalue weighted by molar-refractivity contribution is 7.71. The Morgan fingerprint density at radius 1 is 1.16 bits per heavy atom. The first-order valence-electron chi connectivity index (χ1n) is 12.9. The molecule has 2 fully saturated rings. The molecule has 6 rings (SSSR count). The van der Waals surface area contributed by atoms with Crippen molar-refractivity contribution in [2.75, 3.05) is 18.6 Å². The first-order valence-corrected chi connectivity index (χ1v) is 13.3. The van der Waals surface area contributed by atoms with Crippen LogP contribution in [0.1, 0.15) is 67.8 Å². The molecule has 0 bridgehead atoms. The lowest BCUT2D eigenvalue weighted by molar-refractivity contribution is -0.0592. The third-order valence-corrected chi connectivity index (χ3v) is 8.36. The topological polar surface area (TPSA) is 76.3 Å². The van der Waals surface area contributed by atoms with Gasteiger partial charge in [0.15, 0.2) is 5.82 Å². The van der Waals surface area contributed by atoms with Gasteiger partial charge in [-0.25, -0.2) is 5.16 Å². The van der Waals surface area contributed by atoms with E-state index >= 15 is 0 Å². The number of hydrogen-bond donors (Lipinski definition) is 1. The summed E-state index contributed by atoms with van der Waals surface area (Å²) < 4.78 is 13.5. The Morgan fingerprint density at radius 2 is 1.92 bits per heavy atom. The lowest BCUT2D eigenvalue weighted by Crippen LogP contribution is -2.33. The number of carbonyl (C=O) groups is 1. The maximum Gasteiger partial charge on any atom is 0.314 e. The van der Waals surface area contributed by atoms with E-state index in [2.05, 4.69) is 53.7 Å². The maximum atomic E-state index is 14.0. The van der Waals surface area contributed by atoms with Crippen LogP contribution in [0.2, 0.25) is 0 Å². The largest absolute Gasteiger partial charge is 0.376 e. The van der Waals surface area contributed by atoms with E-state index in [-0.39, 0.29) is 22.3 Å². The minimum atomic E-state index is -0.521. The fourth-order valence-corrected chi connectivity index (χ4v) is 6.23. The van der Waals surface area contributed by atoms with Crippen LogP contribution >= 0.6 is 12.2 Å². The molecule has 7 nitrogen and oxygen atoms in total. The molecule has 0 radical (unpaired) electrons. The van der Waals surface area contributed by atoms with Crippen LogP contribution in [-0.2, 0) is 10.3 Å². The van der Waals surface area contributed by atoms with Crippen molar-refractivity contribution in [3.05, 3.63) is 76.5 Å². The second-order valence-corrected chi connectivity index (χ2v) is 11.5. The molecule has 192 valence electrons. The Bertz CT molecular complexity index is 1540. The van der Waals surface area contributed by atoms with E-state index in [9.17, 15) is 4.79 Å². The molecular formula is C29H32N4O3S. The Labute approximate surface area is 221 Å². The predicted molar refractivity (Wildman–Crippen MR) is 146 cm³/mol. The summed E-state index contributed by atoms with van der Waals surface area (Å²) in [5.41, 5.74) is 3.10. The second kappa shape index (κ2) is 8.67. The van der Waals surface area contributed by atoms with E-state index in [1.54, 1.807) is 4.90 Å². The molecule has 3 heterocycles. The average Bonchev–Trinajstić information content (AvgIpc) is 3.19. The predicted octanol–water partition coefficient (Wildman–Crippen LogP) is 6.42. The number of hydrogen-bond acceptors (Lipinski definition) is 5. The highest BCUT2D eigenvalue weighted by Crippen LogP contribution is 2.56. The minimum absolute atomic E-state index is 0.0725. The first kappa shape index (κ1) is 24.1. The molecule has 1 saturated heterocycles. The number of nitrogens with zero attached hydrogens (tertiary/aromatic N) is 3. The summed E-state index contributed by atoms with van der Waals surface area (Å²) in [6.07, 6.45) is 2.80. The fraction of sp³-hybridized carbons (Fsp3) is 0.414. The number of para-hydroxylation sites is 1. The second-order valence-electron chi connectivity index (χ2n) is 11.1. The van der Waals surface area contributed by atoms with Gasteiger partial charge < -0.3 is 18.7 Å². The summed E-state index contributed by atoms with van der Waals surface area (Å²) in [6.45, 7) is 7.24. The number of anilines is 1. The Balaban J connectivity index is 1.51.